The number of allylic oxidation sites excluding steroid dienone is 2. The molecule has 0 spiro atoms. The monoisotopic (exact) mass is 448 g/mol. The third-order valence-corrected chi connectivity index (χ3v) is 5.60. The van der Waals surface area contributed by atoms with E-state index in [0.717, 1.165) is 29.7 Å². The molecule has 3 aromatic rings. The topological polar surface area (TPSA) is 107 Å². The number of hydrogen-bond acceptors (Lipinski definition) is 6. The molecule has 1 heterocycles. The van der Waals surface area contributed by atoms with Crippen molar-refractivity contribution in [2.24, 2.45) is 5.14 Å². The van der Waals surface area contributed by atoms with Crippen molar-refractivity contribution in [2.75, 3.05) is 11.9 Å². The lowest BCUT2D eigenvalue weighted by atomic mass is 10.1. The average molecular weight is 449 g/mol. The molecule has 1 aromatic heterocycles. The minimum Gasteiger partial charge on any atom is -0.488 e. The van der Waals surface area contributed by atoms with E-state index in [1.807, 2.05) is 36.4 Å². The molecular weight excluding hydrogens is 424 g/mol. The number of aromatic nitrogens is 2. The normalized spacial score (nSPS) is 13.5. The Morgan fingerprint density at radius 2 is 1.91 bits per heavy atom. The van der Waals surface area contributed by atoms with Gasteiger partial charge in [0.25, 0.3) is 0 Å². The molecule has 3 N–H and O–H groups in total. The van der Waals surface area contributed by atoms with Gasteiger partial charge in [-0.15, -0.1) is 0 Å². The number of sulfonamides is 1. The summed E-state index contributed by atoms with van der Waals surface area (Å²) in [5, 5.41) is 8.35. The second-order valence-electron chi connectivity index (χ2n) is 7.46. The van der Waals surface area contributed by atoms with Crippen molar-refractivity contribution in [3.8, 4) is 17.0 Å². The smallest absolute Gasteiger partial charge is 0.213 e. The third-order valence-electron chi connectivity index (χ3n) is 4.86. The van der Waals surface area contributed by atoms with Crippen molar-refractivity contribution < 1.29 is 13.2 Å². The zero-order chi connectivity index (χ0) is 22.4. The van der Waals surface area contributed by atoms with E-state index in [0.29, 0.717) is 29.4 Å². The van der Waals surface area contributed by atoms with Crippen LogP contribution >= 0.6 is 0 Å². The van der Waals surface area contributed by atoms with Crippen LogP contribution in [-0.2, 0) is 15.8 Å². The maximum absolute atomic E-state index is 11.4. The molecule has 0 fully saturated rings. The lowest BCUT2D eigenvalue weighted by molar-refractivity contribution is 0.356. The number of nitrogens with two attached hydrogens (primary N) is 1. The molecule has 0 bridgehead atoms. The van der Waals surface area contributed by atoms with Crippen LogP contribution in [0, 0.1) is 0 Å². The molecule has 1 aliphatic carbocycles. The molecule has 4 rings (SSSR count). The zero-order valence-corrected chi connectivity index (χ0v) is 18.3. The van der Waals surface area contributed by atoms with Crippen LogP contribution in [0.25, 0.3) is 11.3 Å². The number of nitrogens with one attached hydrogen (secondary N) is 1. The first-order chi connectivity index (χ1) is 15.5. The van der Waals surface area contributed by atoms with E-state index in [1.165, 1.54) is 6.33 Å². The van der Waals surface area contributed by atoms with Gasteiger partial charge in [0, 0.05) is 17.3 Å². The Balaban J connectivity index is 1.53. The zero-order valence-electron chi connectivity index (χ0n) is 17.4. The molecule has 0 atom stereocenters. The maximum Gasteiger partial charge on any atom is 0.213 e. The Labute approximate surface area is 187 Å². The van der Waals surface area contributed by atoms with E-state index in [9.17, 15) is 8.42 Å². The summed E-state index contributed by atoms with van der Waals surface area (Å²) < 4.78 is 28.8. The van der Waals surface area contributed by atoms with Crippen LogP contribution < -0.4 is 15.2 Å². The summed E-state index contributed by atoms with van der Waals surface area (Å²) in [6.45, 7) is 0.501. The van der Waals surface area contributed by atoms with E-state index in [2.05, 4.69) is 33.5 Å². The van der Waals surface area contributed by atoms with E-state index >= 15 is 0 Å². The second-order valence-corrected chi connectivity index (χ2v) is 9.08. The van der Waals surface area contributed by atoms with Crippen LogP contribution in [0.4, 0.5) is 11.5 Å². The largest absolute Gasteiger partial charge is 0.488 e. The second kappa shape index (κ2) is 9.76. The Morgan fingerprint density at radius 1 is 1.03 bits per heavy atom. The van der Waals surface area contributed by atoms with Crippen molar-refractivity contribution in [1.29, 1.82) is 0 Å². The Hall–Kier alpha value is -3.49. The van der Waals surface area contributed by atoms with Gasteiger partial charge in [0.2, 0.25) is 10.0 Å². The van der Waals surface area contributed by atoms with Gasteiger partial charge < -0.3 is 10.1 Å². The van der Waals surface area contributed by atoms with Crippen molar-refractivity contribution in [2.45, 2.75) is 18.6 Å². The van der Waals surface area contributed by atoms with E-state index in [1.54, 1.807) is 18.2 Å². The van der Waals surface area contributed by atoms with Gasteiger partial charge in [-0.1, -0.05) is 42.5 Å². The summed E-state index contributed by atoms with van der Waals surface area (Å²) in [4.78, 5) is 8.71. The maximum atomic E-state index is 11.4. The third kappa shape index (κ3) is 6.03. The summed E-state index contributed by atoms with van der Waals surface area (Å²) in [5.74, 6) is 1.09. The van der Waals surface area contributed by atoms with Gasteiger partial charge in [0.1, 0.15) is 24.5 Å². The highest BCUT2D eigenvalue weighted by Crippen LogP contribution is 2.30. The van der Waals surface area contributed by atoms with Crippen LogP contribution in [0.5, 0.6) is 5.75 Å². The highest BCUT2D eigenvalue weighted by molar-refractivity contribution is 7.88. The van der Waals surface area contributed by atoms with Gasteiger partial charge in [-0.2, -0.15) is 0 Å². The molecule has 0 unspecified atom stereocenters. The molecule has 0 radical (unpaired) electrons. The molecular formula is C24H24N4O3S. The van der Waals surface area contributed by atoms with Crippen molar-refractivity contribution >= 4 is 21.5 Å². The number of primary sulfonamides is 1. The molecule has 7 nitrogen and oxygen atoms in total. The SMILES string of the molecule is NS(=O)(=O)Cc1cccc(Nc2cc(-c3ccccc3OCC3=CCCC=C3)ncn2)c1. The predicted molar refractivity (Wildman–Crippen MR) is 126 cm³/mol. The first-order valence-electron chi connectivity index (χ1n) is 10.2. The van der Waals surface area contributed by atoms with E-state index in [-0.39, 0.29) is 5.75 Å². The minimum absolute atomic E-state index is 0.228. The molecule has 164 valence electrons. The summed E-state index contributed by atoms with van der Waals surface area (Å²) in [5.41, 5.74) is 4.04. The van der Waals surface area contributed by atoms with Crippen molar-refractivity contribution in [3.63, 3.8) is 0 Å². The van der Waals surface area contributed by atoms with Crippen LogP contribution in [0.15, 0.2) is 84.7 Å². The Kier molecular flexibility index (Phi) is 6.63. The number of hydrogen-bond donors (Lipinski definition) is 2. The van der Waals surface area contributed by atoms with Crippen LogP contribution in [0.2, 0.25) is 0 Å². The van der Waals surface area contributed by atoms with Crippen LogP contribution in [0.3, 0.4) is 0 Å². The molecule has 2 aromatic carbocycles. The van der Waals surface area contributed by atoms with Crippen molar-refractivity contribution in [1.82, 2.24) is 9.97 Å². The molecule has 32 heavy (non-hydrogen) atoms. The Morgan fingerprint density at radius 3 is 2.72 bits per heavy atom. The number of ether oxygens (including phenoxy) is 1. The lowest BCUT2D eigenvalue weighted by Crippen LogP contribution is -2.14. The molecule has 0 amide bonds. The molecule has 0 saturated carbocycles. The predicted octanol–water partition coefficient (Wildman–Crippen LogP) is 4.33. The first-order valence-corrected chi connectivity index (χ1v) is 11.9. The lowest BCUT2D eigenvalue weighted by Gasteiger charge is -2.14. The van der Waals surface area contributed by atoms with Gasteiger partial charge >= 0.3 is 0 Å². The number of para-hydroxylation sites is 1. The van der Waals surface area contributed by atoms with Gasteiger partial charge in [-0.05, 0) is 48.2 Å². The fourth-order valence-corrected chi connectivity index (χ4v) is 4.08. The van der Waals surface area contributed by atoms with E-state index in [4.69, 9.17) is 9.88 Å². The number of anilines is 2. The van der Waals surface area contributed by atoms with Crippen LogP contribution in [-0.4, -0.2) is 25.0 Å². The standard InChI is InChI=1S/C24H24N4O3S/c25-32(29,30)16-19-9-6-10-20(13-19)28-24-14-22(26-17-27-24)21-11-4-5-12-23(21)31-15-18-7-2-1-3-8-18/h2,4-14,17H,1,3,15-16H2,(H2,25,29,30)(H,26,27,28). The fourth-order valence-electron chi connectivity index (χ4n) is 3.43. The van der Waals surface area contributed by atoms with Crippen molar-refractivity contribution in [3.05, 3.63) is 90.3 Å². The summed E-state index contributed by atoms with van der Waals surface area (Å²) >= 11 is 0. The molecule has 0 saturated heterocycles. The number of benzene rings is 2. The minimum atomic E-state index is -3.60. The summed E-state index contributed by atoms with van der Waals surface area (Å²) in [7, 11) is -3.60. The summed E-state index contributed by atoms with van der Waals surface area (Å²) in [6, 6.07) is 16.6. The Bertz CT molecular complexity index is 1270. The molecule has 1 aliphatic rings. The van der Waals surface area contributed by atoms with Gasteiger partial charge in [0.15, 0.2) is 0 Å². The fraction of sp³-hybridized carbons (Fsp3) is 0.167. The first kappa shape index (κ1) is 21.7. The highest BCUT2D eigenvalue weighted by Gasteiger charge is 2.11. The highest BCUT2D eigenvalue weighted by atomic mass is 32.2. The number of nitrogens with zero attached hydrogens (tertiary/aromatic N) is 2. The molecule has 0 aliphatic heterocycles. The molecule has 8 heteroatoms. The number of rotatable bonds is 8. The summed E-state index contributed by atoms with van der Waals surface area (Å²) in [6.07, 6.45) is 10.0. The van der Waals surface area contributed by atoms with Crippen LogP contribution in [0.1, 0.15) is 18.4 Å². The van der Waals surface area contributed by atoms with E-state index < -0.39 is 10.0 Å². The average Bonchev–Trinajstić information content (AvgIpc) is 2.78. The van der Waals surface area contributed by atoms with Gasteiger partial charge in [0.05, 0.1) is 11.4 Å². The van der Waals surface area contributed by atoms with Gasteiger partial charge in [-0.25, -0.2) is 23.5 Å². The quantitative estimate of drug-likeness (QED) is 0.531. The van der Waals surface area contributed by atoms with Gasteiger partial charge in [-0.3, -0.25) is 0 Å².